The van der Waals surface area contributed by atoms with Crippen molar-refractivity contribution >= 4 is 38.3 Å². The molecule has 36 heavy (non-hydrogen) atoms. The van der Waals surface area contributed by atoms with Gasteiger partial charge < -0.3 is 10.2 Å². The molecule has 6 nitrogen and oxygen atoms in total. The number of hydrogen-bond acceptors (Lipinski definition) is 6. The van der Waals surface area contributed by atoms with Gasteiger partial charge in [0.05, 0.1) is 9.48 Å². The Morgan fingerprint density at radius 2 is 1.67 bits per heavy atom. The molecule has 0 spiro atoms. The van der Waals surface area contributed by atoms with Gasteiger partial charge in [0.2, 0.25) is 0 Å². The highest BCUT2D eigenvalue weighted by Crippen LogP contribution is 2.45. The maximum atomic E-state index is 13.7. The van der Waals surface area contributed by atoms with Crippen molar-refractivity contribution in [3.8, 4) is 32.8 Å². The van der Waals surface area contributed by atoms with Crippen LogP contribution >= 0.6 is 27.3 Å². The summed E-state index contributed by atoms with van der Waals surface area (Å²) in [6.07, 6.45) is 6.98. The number of halogens is 2. The number of rotatable bonds is 7. The third-order valence-electron chi connectivity index (χ3n) is 5.39. The molecular weight excluding hydrogens is 543 g/mol. The maximum Gasteiger partial charge on any atom is 0.182 e. The van der Waals surface area contributed by atoms with Gasteiger partial charge in [-0.2, -0.15) is 5.10 Å². The van der Waals surface area contributed by atoms with Gasteiger partial charge in [0.15, 0.2) is 5.65 Å². The summed E-state index contributed by atoms with van der Waals surface area (Å²) in [5, 5.41) is 22.7. The molecule has 0 atom stereocenters. The third-order valence-corrected chi connectivity index (χ3v) is 7.03. The lowest BCUT2D eigenvalue weighted by molar-refractivity contribution is 0.277. The smallest absolute Gasteiger partial charge is 0.182 e. The minimum absolute atomic E-state index is 0.0947. The first-order valence-electron chi connectivity index (χ1n) is 11.6. The summed E-state index contributed by atoms with van der Waals surface area (Å²) in [5.41, 5.74) is 5.09. The first kappa shape index (κ1) is 26.1. The Hall–Kier alpha value is -2.98. The Balaban J connectivity index is 0.000000709. The molecule has 0 bridgehead atoms. The number of thiophene rings is 1. The van der Waals surface area contributed by atoms with Crippen LogP contribution in [0, 0.1) is 5.82 Å². The van der Waals surface area contributed by atoms with Crippen LogP contribution in [0.5, 0.6) is 0 Å². The molecule has 5 aromatic rings. The molecule has 0 saturated carbocycles. The van der Waals surface area contributed by atoms with E-state index in [1.165, 1.54) is 12.1 Å². The molecule has 5 rings (SSSR count). The molecule has 0 aliphatic carbocycles. The monoisotopic (exact) mass is 568 g/mol. The molecule has 9 heteroatoms. The van der Waals surface area contributed by atoms with Gasteiger partial charge in [0.1, 0.15) is 5.82 Å². The molecule has 0 saturated heterocycles. The summed E-state index contributed by atoms with van der Waals surface area (Å²) >= 11 is 5.22. The van der Waals surface area contributed by atoms with Crippen molar-refractivity contribution in [1.82, 2.24) is 19.7 Å². The van der Waals surface area contributed by atoms with E-state index in [-0.39, 0.29) is 12.4 Å². The summed E-state index contributed by atoms with van der Waals surface area (Å²) in [7, 11) is 0. The second kappa shape index (κ2) is 12.3. The molecule has 186 valence electrons. The van der Waals surface area contributed by atoms with Crippen LogP contribution in [0.2, 0.25) is 0 Å². The zero-order valence-electron chi connectivity index (χ0n) is 19.7. The van der Waals surface area contributed by atoms with Crippen LogP contribution in [0.15, 0.2) is 70.9 Å². The van der Waals surface area contributed by atoms with Crippen LogP contribution in [0.25, 0.3) is 43.9 Å². The van der Waals surface area contributed by atoms with Gasteiger partial charge in [0, 0.05) is 65.3 Å². The largest absolute Gasteiger partial charge is 0.396 e. The highest BCUT2D eigenvalue weighted by atomic mass is 79.9. The summed E-state index contributed by atoms with van der Waals surface area (Å²) in [5.74, 6) is -0.295. The Kier molecular flexibility index (Phi) is 8.93. The zero-order chi connectivity index (χ0) is 25.5. The third kappa shape index (κ3) is 5.87. The van der Waals surface area contributed by atoms with Gasteiger partial charge in [-0.05, 0) is 82.9 Å². The maximum absolute atomic E-state index is 13.7. The van der Waals surface area contributed by atoms with Crippen molar-refractivity contribution in [2.75, 3.05) is 13.2 Å². The molecule has 0 amide bonds. The first-order chi connectivity index (χ1) is 17.5. The van der Waals surface area contributed by atoms with Gasteiger partial charge >= 0.3 is 0 Å². The average Bonchev–Trinajstić information content (AvgIpc) is 3.53. The van der Waals surface area contributed by atoms with Crippen molar-refractivity contribution in [3.05, 3.63) is 76.7 Å². The van der Waals surface area contributed by atoms with Gasteiger partial charge in [-0.1, -0.05) is 6.92 Å². The number of nitrogens with zero attached hydrogens (tertiary/aromatic N) is 4. The standard InChI is InChI=1S/C24H18BrFN4OS.C3H8O/c25-20-7-6-19(32-20)22-18-14-30(12-1-13-31)29-24(18)28-23(16-2-4-17(26)5-3-16)21(22)15-8-10-27-11-9-15;1-2-3-4/h2-11,14,31H,1,12-13H2;4H,2-3H2,1H3. The van der Waals surface area contributed by atoms with E-state index >= 15 is 0 Å². The fourth-order valence-corrected chi connectivity index (χ4v) is 5.20. The number of aryl methyl sites for hydroxylation is 1. The van der Waals surface area contributed by atoms with Crippen molar-refractivity contribution in [3.63, 3.8) is 0 Å². The Bertz CT molecular complexity index is 1420. The molecule has 1 aromatic carbocycles. The lowest BCUT2D eigenvalue weighted by atomic mass is 9.93. The van der Waals surface area contributed by atoms with E-state index in [0.717, 1.165) is 48.4 Å². The van der Waals surface area contributed by atoms with Crippen molar-refractivity contribution in [1.29, 1.82) is 0 Å². The topological polar surface area (TPSA) is 84.1 Å². The number of fused-ring (bicyclic) bond motifs is 1. The van der Waals surface area contributed by atoms with E-state index in [1.54, 1.807) is 35.9 Å². The van der Waals surface area contributed by atoms with Gasteiger partial charge in [-0.3, -0.25) is 9.67 Å². The van der Waals surface area contributed by atoms with Crippen molar-refractivity contribution in [2.24, 2.45) is 0 Å². The predicted molar refractivity (Wildman–Crippen MR) is 146 cm³/mol. The normalized spacial score (nSPS) is 10.9. The minimum atomic E-state index is -0.295. The molecule has 0 fully saturated rings. The molecule has 0 radical (unpaired) electrons. The fraction of sp³-hybridized carbons (Fsp3) is 0.222. The van der Waals surface area contributed by atoms with Crippen LogP contribution in [0.4, 0.5) is 4.39 Å². The van der Waals surface area contributed by atoms with E-state index in [4.69, 9.17) is 10.1 Å². The Labute approximate surface area is 221 Å². The minimum Gasteiger partial charge on any atom is -0.396 e. The quantitative estimate of drug-likeness (QED) is 0.232. The van der Waals surface area contributed by atoms with Crippen LogP contribution in [0.3, 0.4) is 0 Å². The van der Waals surface area contributed by atoms with Crippen LogP contribution < -0.4 is 0 Å². The molecule has 2 N–H and O–H groups in total. The number of aromatic nitrogens is 4. The van der Waals surface area contributed by atoms with Gasteiger partial charge in [-0.15, -0.1) is 11.3 Å². The SMILES string of the molecule is CCCO.OCCCn1cc2c(-c3ccc(Br)s3)c(-c3ccncc3)c(-c3ccc(F)cc3)nc2n1. The van der Waals surface area contributed by atoms with Crippen LogP contribution in [-0.4, -0.2) is 43.2 Å². The number of hydrogen-bond donors (Lipinski definition) is 2. The average molecular weight is 570 g/mol. The highest BCUT2D eigenvalue weighted by Gasteiger charge is 2.22. The van der Waals surface area contributed by atoms with Crippen LogP contribution in [0.1, 0.15) is 19.8 Å². The van der Waals surface area contributed by atoms with E-state index in [2.05, 4.69) is 32.1 Å². The highest BCUT2D eigenvalue weighted by molar-refractivity contribution is 9.11. The predicted octanol–water partition coefficient (Wildman–Crippen LogP) is 6.56. The van der Waals surface area contributed by atoms with Crippen molar-refractivity contribution in [2.45, 2.75) is 26.3 Å². The summed E-state index contributed by atoms with van der Waals surface area (Å²) in [6, 6.07) is 14.4. The lowest BCUT2D eigenvalue weighted by Gasteiger charge is -2.15. The molecular formula is C27H26BrFN4O2S. The van der Waals surface area contributed by atoms with Gasteiger partial charge in [-0.25, -0.2) is 9.37 Å². The second-order valence-corrected chi connectivity index (χ2v) is 10.5. The number of benzene rings is 1. The molecule has 0 aliphatic rings. The second-order valence-electron chi connectivity index (χ2n) is 7.99. The molecule has 0 aliphatic heterocycles. The number of pyridine rings is 2. The molecule has 0 unspecified atom stereocenters. The van der Waals surface area contributed by atoms with Crippen LogP contribution in [-0.2, 0) is 6.54 Å². The van der Waals surface area contributed by atoms with E-state index in [0.29, 0.717) is 25.2 Å². The summed E-state index contributed by atoms with van der Waals surface area (Å²) < 4.78 is 16.5. The van der Waals surface area contributed by atoms with Gasteiger partial charge in [0.25, 0.3) is 0 Å². The molecule has 4 heterocycles. The number of aliphatic hydroxyl groups is 2. The molecule has 4 aromatic heterocycles. The number of aliphatic hydroxyl groups excluding tert-OH is 2. The van der Waals surface area contributed by atoms with E-state index in [1.807, 2.05) is 36.0 Å². The lowest BCUT2D eigenvalue weighted by Crippen LogP contribution is -2.00. The Morgan fingerprint density at radius 3 is 2.28 bits per heavy atom. The van der Waals surface area contributed by atoms with E-state index in [9.17, 15) is 9.50 Å². The summed E-state index contributed by atoms with van der Waals surface area (Å²) in [4.78, 5) is 10.2. The first-order valence-corrected chi connectivity index (χ1v) is 13.2. The fourth-order valence-electron chi connectivity index (χ4n) is 3.75. The van der Waals surface area contributed by atoms with E-state index < -0.39 is 0 Å². The summed E-state index contributed by atoms with van der Waals surface area (Å²) in [6.45, 7) is 2.94. The zero-order valence-corrected chi connectivity index (χ0v) is 22.1. The Morgan fingerprint density at radius 1 is 0.944 bits per heavy atom. The van der Waals surface area contributed by atoms with Crippen molar-refractivity contribution < 1.29 is 14.6 Å².